The summed E-state index contributed by atoms with van der Waals surface area (Å²) in [5.74, 6) is 0.699. The monoisotopic (exact) mass is 462 g/mol. The molecule has 6 heteroatoms. The topological polar surface area (TPSA) is 41.9 Å². The lowest BCUT2D eigenvalue weighted by Gasteiger charge is -2.14. The van der Waals surface area contributed by atoms with E-state index in [0.717, 1.165) is 29.0 Å². The maximum Gasteiger partial charge on any atom is 0.266 e. The smallest absolute Gasteiger partial charge is 0.266 e. The predicted octanol–water partition coefficient (Wildman–Crippen LogP) is 6.93. The van der Waals surface area contributed by atoms with Gasteiger partial charge in [-0.05, 0) is 60.2 Å². The molecule has 32 heavy (non-hydrogen) atoms. The fourth-order valence-electron chi connectivity index (χ4n) is 3.25. The number of carbonyl (C=O) groups is 1. The van der Waals surface area contributed by atoms with Crippen molar-refractivity contribution >= 4 is 46.2 Å². The van der Waals surface area contributed by atoms with Crippen LogP contribution in [0, 0.1) is 0 Å². The van der Waals surface area contributed by atoms with Crippen molar-refractivity contribution in [1.82, 2.24) is 4.90 Å². The Hall–Kier alpha value is -3.02. The summed E-state index contributed by atoms with van der Waals surface area (Å²) in [5.41, 5.74) is 2.72. The van der Waals surface area contributed by atoms with Gasteiger partial charge in [0, 0.05) is 17.1 Å². The van der Waals surface area contributed by atoms with Gasteiger partial charge in [-0.25, -0.2) is 4.99 Å². The molecular formula is C26H23ClN2O2S. The number of hydrogen-bond acceptors (Lipinski definition) is 4. The van der Waals surface area contributed by atoms with E-state index in [4.69, 9.17) is 21.3 Å². The minimum absolute atomic E-state index is 0.0394. The number of thioether (sulfide) groups is 1. The highest BCUT2D eigenvalue weighted by atomic mass is 35.5. The molecule has 1 fully saturated rings. The zero-order chi connectivity index (χ0) is 22.3. The molecule has 0 spiro atoms. The van der Waals surface area contributed by atoms with E-state index < -0.39 is 0 Å². The zero-order valence-electron chi connectivity index (χ0n) is 17.7. The van der Waals surface area contributed by atoms with Crippen LogP contribution in [0.3, 0.4) is 0 Å². The van der Waals surface area contributed by atoms with E-state index >= 15 is 0 Å². The van der Waals surface area contributed by atoms with Crippen LogP contribution < -0.4 is 4.74 Å². The molecule has 1 aliphatic rings. The molecule has 3 aromatic rings. The normalized spacial score (nSPS) is 16.2. The summed E-state index contributed by atoms with van der Waals surface area (Å²) < 4.78 is 6.06. The molecule has 3 aromatic carbocycles. The highest BCUT2D eigenvalue weighted by Crippen LogP contribution is 2.36. The number of aliphatic imine (C=N–C) groups is 1. The Morgan fingerprint density at radius 1 is 1.00 bits per heavy atom. The van der Waals surface area contributed by atoms with Gasteiger partial charge in [-0.1, -0.05) is 67.1 Å². The molecular weight excluding hydrogens is 440 g/mol. The van der Waals surface area contributed by atoms with E-state index in [0.29, 0.717) is 28.2 Å². The molecule has 0 radical (unpaired) electrons. The first-order chi connectivity index (χ1) is 15.6. The molecule has 4 rings (SSSR count). The Morgan fingerprint density at radius 3 is 2.47 bits per heavy atom. The van der Waals surface area contributed by atoms with Gasteiger partial charge in [-0.2, -0.15) is 0 Å². The second kappa shape index (κ2) is 10.5. The molecule has 1 heterocycles. The third-order valence-electron chi connectivity index (χ3n) is 4.83. The van der Waals surface area contributed by atoms with Crippen LogP contribution in [0.25, 0.3) is 6.08 Å². The van der Waals surface area contributed by atoms with Gasteiger partial charge in [0.2, 0.25) is 0 Å². The average Bonchev–Trinajstić information content (AvgIpc) is 3.10. The first-order valence-corrected chi connectivity index (χ1v) is 11.6. The largest absolute Gasteiger partial charge is 0.488 e. The van der Waals surface area contributed by atoms with Crippen LogP contribution in [-0.2, 0) is 11.4 Å². The molecule has 162 valence electrons. The SMILES string of the molecule is CCCN1C(=O)/C(=C/c2ccccc2OCc2ccccc2)SC1=Nc1ccc(Cl)cc1. The summed E-state index contributed by atoms with van der Waals surface area (Å²) in [5, 5.41) is 1.33. The van der Waals surface area contributed by atoms with Crippen molar-refractivity contribution in [1.29, 1.82) is 0 Å². The summed E-state index contributed by atoms with van der Waals surface area (Å²) >= 11 is 7.37. The molecule has 1 saturated heterocycles. The molecule has 1 amide bonds. The highest BCUT2D eigenvalue weighted by molar-refractivity contribution is 8.18. The van der Waals surface area contributed by atoms with E-state index in [2.05, 4.69) is 0 Å². The Kier molecular flexibility index (Phi) is 7.30. The molecule has 1 aliphatic heterocycles. The molecule has 0 aliphatic carbocycles. The molecule has 0 unspecified atom stereocenters. The fraction of sp³-hybridized carbons (Fsp3) is 0.154. The van der Waals surface area contributed by atoms with E-state index in [1.807, 2.05) is 79.7 Å². The molecule has 0 saturated carbocycles. The number of para-hydroxylation sites is 1. The minimum atomic E-state index is -0.0394. The predicted molar refractivity (Wildman–Crippen MR) is 133 cm³/mol. The van der Waals surface area contributed by atoms with Gasteiger partial charge in [0.25, 0.3) is 5.91 Å². The summed E-state index contributed by atoms with van der Waals surface area (Å²) in [4.78, 5) is 20.2. The fourth-order valence-corrected chi connectivity index (χ4v) is 4.39. The molecule has 0 aromatic heterocycles. The van der Waals surface area contributed by atoms with E-state index in [9.17, 15) is 4.79 Å². The van der Waals surface area contributed by atoms with Crippen LogP contribution in [0.5, 0.6) is 5.75 Å². The van der Waals surface area contributed by atoms with Gasteiger partial charge in [0.1, 0.15) is 12.4 Å². The van der Waals surface area contributed by atoms with E-state index in [1.165, 1.54) is 11.8 Å². The number of carbonyl (C=O) groups excluding carboxylic acids is 1. The number of ether oxygens (including phenoxy) is 1. The highest BCUT2D eigenvalue weighted by Gasteiger charge is 2.33. The van der Waals surface area contributed by atoms with Crippen molar-refractivity contribution in [2.75, 3.05) is 6.54 Å². The van der Waals surface area contributed by atoms with Crippen molar-refractivity contribution in [3.63, 3.8) is 0 Å². The second-order valence-corrected chi connectivity index (χ2v) is 8.70. The number of hydrogen-bond donors (Lipinski definition) is 0. The van der Waals surface area contributed by atoms with Gasteiger partial charge in [-0.3, -0.25) is 9.69 Å². The number of amides is 1. The van der Waals surface area contributed by atoms with Crippen LogP contribution >= 0.6 is 23.4 Å². The summed E-state index contributed by atoms with van der Waals surface area (Å²) in [7, 11) is 0. The van der Waals surface area contributed by atoms with Crippen LogP contribution in [0.2, 0.25) is 5.02 Å². The van der Waals surface area contributed by atoms with E-state index in [1.54, 1.807) is 17.0 Å². The minimum Gasteiger partial charge on any atom is -0.488 e. The Morgan fingerprint density at radius 2 is 1.72 bits per heavy atom. The first-order valence-electron chi connectivity index (χ1n) is 10.5. The van der Waals surface area contributed by atoms with E-state index in [-0.39, 0.29) is 5.91 Å². The van der Waals surface area contributed by atoms with Crippen LogP contribution in [0.15, 0.2) is 88.8 Å². The summed E-state index contributed by atoms with van der Waals surface area (Å²) in [6.45, 7) is 3.13. The Labute approximate surface area is 197 Å². The maximum atomic E-state index is 13.1. The number of benzene rings is 3. The summed E-state index contributed by atoms with van der Waals surface area (Å²) in [6.07, 6.45) is 2.73. The standard InChI is InChI=1S/C26H23ClN2O2S/c1-2-16-29-25(30)24(32-26(29)28-22-14-12-21(27)13-15-22)17-20-10-6-7-11-23(20)31-18-19-8-4-3-5-9-19/h3-15,17H,2,16,18H2,1H3/b24-17-,28-26?. The third-order valence-corrected chi connectivity index (χ3v) is 6.09. The lowest BCUT2D eigenvalue weighted by molar-refractivity contribution is -0.122. The molecule has 0 N–H and O–H groups in total. The first kappa shape index (κ1) is 22.2. The van der Waals surface area contributed by atoms with Crippen molar-refractivity contribution in [2.24, 2.45) is 4.99 Å². The van der Waals surface area contributed by atoms with Gasteiger partial charge in [0.05, 0.1) is 10.6 Å². The second-order valence-electron chi connectivity index (χ2n) is 7.25. The number of nitrogens with zero attached hydrogens (tertiary/aromatic N) is 2. The van der Waals surface area contributed by atoms with Crippen LogP contribution in [-0.4, -0.2) is 22.5 Å². The maximum absolute atomic E-state index is 13.1. The number of rotatable bonds is 7. The van der Waals surface area contributed by atoms with Crippen molar-refractivity contribution in [2.45, 2.75) is 20.0 Å². The molecule has 4 nitrogen and oxygen atoms in total. The van der Waals surface area contributed by atoms with Crippen molar-refractivity contribution < 1.29 is 9.53 Å². The Balaban J connectivity index is 1.59. The quantitative estimate of drug-likeness (QED) is 0.357. The zero-order valence-corrected chi connectivity index (χ0v) is 19.3. The third kappa shape index (κ3) is 5.42. The number of halogens is 1. The average molecular weight is 463 g/mol. The lowest BCUT2D eigenvalue weighted by Crippen LogP contribution is -2.29. The van der Waals surface area contributed by atoms with Crippen LogP contribution in [0.1, 0.15) is 24.5 Å². The van der Waals surface area contributed by atoms with Gasteiger partial charge >= 0.3 is 0 Å². The van der Waals surface area contributed by atoms with Gasteiger partial charge in [0.15, 0.2) is 5.17 Å². The van der Waals surface area contributed by atoms with Crippen LogP contribution in [0.4, 0.5) is 5.69 Å². The molecule has 0 atom stereocenters. The number of amidine groups is 1. The Bertz CT molecular complexity index is 1140. The van der Waals surface area contributed by atoms with Crippen molar-refractivity contribution in [3.05, 3.63) is 99.9 Å². The van der Waals surface area contributed by atoms with Crippen molar-refractivity contribution in [3.8, 4) is 5.75 Å². The van der Waals surface area contributed by atoms with Gasteiger partial charge in [-0.15, -0.1) is 0 Å². The molecule has 0 bridgehead atoms. The summed E-state index contributed by atoms with van der Waals surface area (Å²) in [6, 6.07) is 25.1. The lowest BCUT2D eigenvalue weighted by atomic mass is 10.1. The van der Waals surface area contributed by atoms with Gasteiger partial charge < -0.3 is 4.74 Å².